The zero-order chi connectivity index (χ0) is 28.5. The van der Waals surface area contributed by atoms with Gasteiger partial charge in [0.1, 0.15) is 30.6 Å². The highest BCUT2D eigenvalue weighted by Gasteiger charge is 2.15. The smallest absolute Gasteiger partial charge is 0.266 e. The Morgan fingerprint density at radius 2 is 1.52 bits per heavy atom. The summed E-state index contributed by atoms with van der Waals surface area (Å²) in [5.41, 5.74) is 4.08. The molecule has 0 unspecified atom stereocenters. The average Bonchev–Trinajstić information content (AvgIpc) is 2.96. The number of nitrogens with one attached hydrogen (secondary N) is 1. The first-order chi connectivity index (χ1) is 19.3. The van der Waals surface area contributed by atoms with Gasteiger partial charge in [-0.3, -0.25) is 4.79 Å². The fourth-order valence-corrected chi connectivity index (χ4v) is 4.10. The highest BCUT2D eigenvalue weighted by molar-refractivity contribution is 6.32. The van der Waals surface area contributed by atoms with Crippen molar-refractivity contribution < 1.29 is 19.0 Å². The molecule has 0 heterocycles. The molecule has 0 saturated carbocycles. The van der Waals surface area contributed by atoms with Crippen molar-refractivity contribution >= 4 is 40.9 Å². The van der Waals surface area contributed by atoms with E-state index >= 15 is 0 Å². The van der Waals surface area contributed by atoms with Crippen LogP contribution in [0.4, 0.5) is 5.69 Å². The molecule has 1 amide bonds. The van der Waals surface area contributed by atoms with Crippen molar-refractivity contribution in [3.8, 4) is 23.3 Å². The molecule has 4 aromatic rings. The summed E-state index contributed by atoms with van der Waals surface area (Å²) in [7, 11) is 1.49. The van der Waals surface area contributed by atoms with Crippen LogP contribution in [0.2, 0.25) is 10.0 Å². The first kappa shape index (κ1) is 28.6. The number of amides is 1. The first-order valence-electron chi connectivity index (χ1n) is 12.3. The van der Waals surface area contributed by atoms with Crippen LogP contribution in [0, 0.1) is 18.3 Å². The predicted molar refractivity (Wildman–Crippen MR) is 158 cm³/mol. The van der Waals surface area contributed by atoms with Crippen LogP contribution in [0.15, 0.2) is 90.5 Å². The fourth-order valence-electron chi connectivity index (χ4n) is 3.70. The number of halogens is 2. The number of benzene rings is 4. The van der Waals surface area contributed by atoms with E-state index in [1.807, 2.05) is 49.4 Å². The Balaban J connectivity index is 1.41. The van der Waals surface area contributed by atoms with E-state index in [1.165, 1.54) is 18.7 Å². The SMILES string of the molecule is COc1cc(/C=C(\C#N)C(=O)Nc2ccc(OCc3ccc(C)cc3)cc2)cc(Cl)c1OCc1ccc(Cl)cc1. The van der Waals surface area contributed by atoms with Crippen LogP contribution in [-0.4, -0.2) is 13.0 Å². The number of ether oxygens (including phenoxy) is 3. The number of nitriles is 1. The first-order valence-corrected chi connectivity index (χ1v) is 13.1. The van der Waals surface area contributed by atoms with Gasteiger partial charge in [0.2, 0.25) is 0 Å². The van der Waals surface area contributed by atoms with Gasteiger partial charge >= 0.3 is 0 Å². The number of aryl methyl sites for hydroxylation is 1. The number of anilines is 1. The Kier molecular flexibility index (Phi) is 9.69. The number of methoxy groups -OCH3 is 1. The number of rotatable bonds is 10. The monoisotopic (exact) mass is 572 g/mol. The molecule has 4 aromatic carbocycles. The maximum atomic E-state index is 12.8. The predicted octanol–water partition coefficient (Wildman–Crippen LogP) is 8.01. The lowest BCUT2D eigenvalue weighted by atomic mass is 10.1. The van der Waals surface area contributed by atoms with Crippen molar-refractivity contribution in [3.05, 3.63) is 123 Å². The topological polar surface area (TPSA) is 80.6 Å². The van der Waals surface area contributed by atoms with Crippen molar-refractivity contribution in [1.82, 2.24) is 0 Å². The molecule has 1 N–H and O–H groups in total. The lowest BCUT2D eigenvalue weighted by Gasteiger charge is -2.14. The van der Waals surface area contributed by atoms with Gasteiger partial charge in [-0.15, -0.1) is 0 Å². The average molecular weight is 573 g/mol. The lowest BCUT2D eigenvalue weighted by Crippen LogP contribution is -2.13. The van der Waals surface area contributed by atoms with E-state index in [2.05, 4.69) is 5.32 Å². The van der Waals surface area contributed by atoms with Crippen molar-refractivity contribution in [2.75, 3.05) is 12.4 Å². The summed E-state index contributed by atoms with van der Waals surface area (Å²) >= 11 is 12.4. The van der Waals surface area contributed by atoms with Gasteiger partial charge < -0.3 is 19.5 Å². The van der Waals surface area contributed by atoms with E-state index in [0.29, 0.717) is 40.1 Å². The third-order valence-corrected chi connectivity index (χ3v) is 6.40. The van der Waals surface area contributed by atoms with Gasteiger partial charge in [-0.05, 0) is 78.2 Å². The standard InChI is InChI=1S/C32H26Cl2N2O4/c1-21-3-5-22(6-4-21)19-39-28-13-11-27(12-14-28)36-32(37)25(18-35)15-24-16-29(34)31(30(17-24)38-2)40-20-23-7-9-26(33)10-8-23/h3-17H,19-20H2,1-2H3,(H,36,37)/b25-15+. The van der Waals surface area contributed by atoms with Crippen molar-refractivity contribution in [1.29, 1.82) is 5.26 Å². The molecule has 4 rings (SSSR count). The molecule has 6 nitrogen and oxygen atoms in total. The summed E-state index contributed by atoms with van der Waals surface area (Å²) in [6.45, 7) is 2.72. The molecule has 0 aliphatic heterocycles. The molecule has 0 bridgehead atoms. The van der Waals surface area contributed by atoms with Gasteiger partial charge in [0.25, 0.3) is 5.91 Å². The van der Waals surface area contributed by atoms with Crippen LogP contribution in [-0.2, 0) is 18.0 Å². The molecule has 40 heavy (non-hydrogen) atoms. The highest BCUT2D eigenvalue weighted by atomic mass is 35.5. The fraction of sp³-hybridized carbons (Fsp3) is 0.125. The van der Waals surface area contributed by atoms with E-state index in [4.69, 9.17) is 37.4 Å². The van der Waals surface area contributed by atoms with Gasteiger partial charge in [-0.2, -0.15) is 5.26 Å². The highest BCUT2D eigenvalue weighted by Crippen LogP contribution is 2.37. The van der Waals surface area contributed by atoms with Crippen LogP contribution in [0.5, 0.6) is 17.2 Å². The van der Waals surface area contributed by atoms with Crippen LogP contribution in [0.25, 0.3) is 6.08 Å². The van der Waals surface area contributed by atoms with Gasteiger partial charge in [0.05, 0.1) is 12.1 Å². The maximum absolute atomic E-state index is 12.8. The number of carbonyl (C=O) groups excluding carboxylic acids is 1. The van der Waals surface area contributed by atoms with Gasteiger partial charge in [-0.25, -0.2) is 0 Å². The van der Waals surface area contributed by atoms with Gasteiger partial charge in [-0.1, -0.05) is 65.2 Å². The molecule has 0 fully saturated rings. The molecule has 0 radical (unpaired) electrons. The van der Waals surface area contributed by atoms with Crippen molar-refractivity contribution in [2.45, 2.75) is 20.1 Å². The number of carbonyl (C=O) groups is 1. The quantitative estimate of drug-likeness (QED) is 0.154. The molecule has 0 spiro atoms. The largest absolute Gasteiger partial charge is 0.493 e. The van der Waals surface area contributed by atoms with Gasteiger partial charge in [0.15, 0.2) is 11.5 Å². The molecule has 0 aliphatic carbocycles. The molecule has 8 heteroatoms. The Hall–Kier alpha value is -4.44. The molecule has 0 aliphatic rings. The van der Waals surface area contributed by atoms with E-state index in [-0.39, 0.29) is 17.2 Å². The molecule has 0 aromatic heterocycles. The van der Waals surface area contributed by atoms with E-state index in [9.17, 15) is 10.1 Å². The third-order valence-electron chi connectivity index (χ3n) is 5.86. The summed E-state index contributed by atoms with van der Waals surface area (Å²) < 4.78 is 17.1. The van der Waals surface area contributed by atoms with Crippen LogP contribution >= 0.6 is 23.2 Å². The lowest BCUT2D eigenvalue weighted by molar-refractivity contribution is -0.112. The number of hydrogen-bond donors (Lipinski definition) is 1. The van der Waals surface area contributed by atoms with Crippen molar-refractivity contribution in [3.63, 3.8) is 0 Å². The summed E-state index contributed by atoms with van der Waals surface area (Å²) in [5, 5.41) is 13.3. The summed E-state index contributed by atoms with van der Waals surface area (Å²) in [6, 6.07) is 27.5. The second-order valence-electron chi connectivity index (χ2n) is 8.87. The molecular formula is C32H26Cl2N2O4. The Morgan fingerprint density at radius 1 is 0.900 bits per heavy atom. The second kappa shape index (κ2) is 13.6. The summed E-state index contributed by atoms with van der Waals surface area (Å²) in [5.74, 6) is 0.819. The minimum absolute atomic E-state index is 0.104. The number of nitrogens with zero attached hydrogens (tertiary/aromatic N) is 1. The zero-order valence-corrected chi connectivity index (χ0v) is 23.4. The zero-order valence-electron chi connectivity index (χ0n) is 21.9. The molecule has 202 valence electrons. The van der Waals surface area contributed by atoms with Crippen LogP contribution < -0.4 is 19.5 Å². The summed E-state index contributed by atoms with van der Waals surface area (Å²) in [4.78, 5) is 12.8. The van der Waals surface area contributed by atoms with Crippen LogP contribution in [0.3, 0.4) is 0 Å². The Bertz CT molecular complexity index is 1540. The van der Waals surface area contributed by atoms with Crippen molar-refractivity contribution in [2.24, 2.45) is 0 Å². The Labute approximate surface area is 243 Å². The summed E-state index contributed by atoms with van der Waals surface area (Å²) in [6.07, 6.45) is 1.44. The minimum Gasteiger partial charge on any atom is -0.493 e. The minimum atomic E-state index is -0.561. The number of hydrogen-bond acceptors (Lipinski definition) is 5. The molecule has 0 saturated heterocycles. The molecular weight excluding hydrogens is 547 g/mol. The van der Waals surface area contributed by atoms with E-state index in [0.717, 1.165) is 11.1 Å². The normalized spacial score (nSPS) is 10.9. The molecule has 0 atom stereocenters. The Morgan fingerprint density at radius 3 is 2.15 bits per heavy atom. The second-order valence-corrected chi connectivity index (χ2v) is 9.72. The van der Waals surface area contributed by atoms with E-state index in [1.54, 1.807) is 48.5 Å². The van der Waals surface area contributed by atoms with E-state index < -0.39 is 5.91 Å². The third kappa shape index (κ3) is 7.79. The maximum Gasteiger partial charge on any atom is 0.266 e. The van der Waals surface area contributed by atoms with Crippen LogP contribution in [0.1, 0.15) is 22.3 Å². The van der Waals surface area contributed by atoms with Gasteiger partial charge in [0, 0.05) is 10.7 Å².